The second-order valence-electron chi connectivity index (χ2n) is 10.2. The maximum Gasteiger partial charge on any atom is 0.490 e. The van der Waals surface area contributed by atoms with Crippen molar-refractivity contribution in [1.82, 2.24) is 25.6 Å². The van der Waals surface area contributed by atoms with Crippen molar-refractivity contribution in [3.8, 4) is 17.0 Å². The molecule has 14 heteroatoms. The number of aromatic amines is 2. The summed E-state index contributed by atoms with van der Waals surface area (Å²) in [5, 5.41) is 24.1. The number of aromatic hydroxyl groups is 1. The number of H-pyrrole nitrogens is 2. The number of aryl methyl sites for hydroxylation is 1. The standard InChI is InChI=1S/C30H28ClN5O3.C2HF3O2/c1-18-6-5-9-20(14-18)12-13-32-30(39)34-24(15-19-7-3-2-4-8-19)29-35-27(28(31)36-29)21-10-11-23-22(16-21)25(37)17-26(38)33-23;3-2(4,5)1(6)7/h2-11,14,16-17,24H,12-13,15H2,1H3,(H,35,36)(H2,32,34,39)(H2,33,37,38);(H,6,7)/t24-;/m0./s1. The highest BCUT2D eigenvalue weighted by atomic mass is 35.5. The average molecular weight is 656 g/mol. The van der Waals surface area contributed by atoms with Crippen molar-refractivity contribution < 1.29 is 33.0 Å². The van der Waals surface area contributed by atoms with Crippen LogP contribution in [0.2, 0.25) is 5.15 Å². The van der Waals surface area contributed by atoms with Crippen LogP contribution in [0.1, 0.15) is 28.6 Å². The maximum atomic E-state index is 12.9. The number of rotatable bonds is 8. The van der Waals surface area contributed by atoms with Crippen LogP contribution in [0.4, 0.5) is 18.0 Å². The summed E-state index contributed by atoms with van der Waals surface area (Å²) >= 11 is 6.58. The highest BCUT2D eigenvalue weighted by molar-refractivity contribution is 6.32. The van der Waals surface area contributed by atoms with Gasteiger partial charge in [0.05, 0.1) is 11.6 Å². The van der Waals surface area contributed by atoms with Crippen LogP contribution in [0.25, 0.3) is 22.2 Å². The largest absolute Gasteiger partial charge is 0.507 e. The third kappa shape index (κ3) is 9.11. The van der Waals surface area contributed by atoms with Crippen molar-refractivity contribution in [1.29, 1.82) is 0 Å². The lowest BCUT2D eigenvalue weighted by Crippen LogP contribution is -2.40. The number of carboxylic acids is 1. The van der Waals surface area contributed by atoms with Crippen LogP contribution < -0.4 is 16.2 Å². The molecule has 0 bridgehead atoms. The second-order valence-corrected chi connectivity index (χ2v) is 10.6. The summed E-state index contributed by atoms with van der Waals surface area (Å²) in [5.74, 6) is -2.39. The molecule has 6 N–H and O–H groups in total. The number of carboxylic acid groups (broad SMARTS) is 1. The fraction of sp³-hybridized carbons (Fsp3) is 0.188. The molecule has 240 valence electrons. The number of nitrogens with one attached hydrogen (secondary N) is 4. The molecule has 1 atom stereocenters. The van der Waals surface area contributed by atoms with Crippen LogP contribution in [0, 0.1) is 6.92 Å². The predicted octanol–water partition coefficient (Wildman–Crippen LogP) is 6.04. The van der Waals surface area contributed by atoms with Crippen molar-refractivity contribution in [2.24, 2.45) is 0 Å². The minimum absolute atomic E-state index is 0.131. The summed E-state index contributed by atoms with van der Waals surface area (Å²) in [6, 6.07) is 23.5. The van der Waals surface area contributed by atoms with Crippen molar-refractivity contribution in [2.75, 3.05) is 6.54 Å². The van der Waals surface area contributed by atoms with Crippen LogP contribution in [0.15, 0.2) is 83.7 Å². The number of nitrogens with zero attached hydrogens (tertiary/aromatic N) is 1. The Morgan fingerprint density at radius 2 is 1.67 bits per heavy atom. The molecule has 0 radical (unpaired) electrons. The second kappa shape index (κ2) is 14.7. The molecule has 5 rings (SSSR count). The Morgan fingerprint density at radius 1 is 0.978 bits per heavy atom. The van der Waals surface area contributed by atoms with E-state index in [1.807, 2.05) is 55.5 Å². The number of carbonyl (C=O) groups is 2. The molecule has 0 aliphatic rings. The van der Waals surface area contributed by atoms with Crippen molar-refractivity contribution in [3.05, 3.63) is 117 Å². The summed E-state index contributed by atoms with van der Waals surface area (Å²) in [7, 11) is 0. The predicted molar refractivity (Wildman–Crippen MR) is 167 cm³/mol. The van der Waals surface area contributed by atoms with Gasteiger partial charge in [0, 0.05) is 23.6 Å². The van der Waals surface area contributed by atoms with Crippen molar-refractivity contribution in [2.45, 2.75) is 32.0 Å². The SMILES string of the molecule is Cc1cccc(CCNC(=O)N[C@@H](Cc2ccccc2)c2nc(-c3ccc4[nH]c(=O)cc(O)c4c3)c(Cl)[nH]2)c1.O=C(O)C(F)(F)F. The minimum Gasteiger partial charge on any atom is -0.507 e. The van der Waals surface area contributed by atoms with Gasteiger partial charge in [0.25, 0.3) is 5.56 Å². The van der Waals surface area contributed by atoms with Gasteiger partial charge in [0.15, 0.2) is 0 Å². The lowest BCUT2D eigenvalue weighted by molar-refractivity contribution is -0.192. The van der Waals surface area contributed by atoms with Gasteiger partial charge >= 0.3 is 18.2 Å². The highest BCUT2D eigenvalue weighted by Crippen LogP contribution is 2.32. The molecule has 0 saturated carbocycles. The van der Waals surface area contributed by atoms with Crippen LogP contribution in [0.3, 0.4) is 0 Å². The third-order valence-electron chi connectivity index (χ3n) is 6.71. The van der Waals surface area contributed by atoms with Gasteiger partial charge < -0.3 is 30.8 Å². The van der Waals surface area contributed by atoms with Crippen molar-refractivity contribution in [3.63, 3.8) is 0 Å². The summed E-state index contributed by atoms with van der Waals surface area (Å²) in [6.07, 6.45) is -3.87. The van der Waals surface area contributed by atoms with Crippen LogP contribution in [-0.4, -0.2) is 49.9 Å². The van der Waals surface area contributed by atoms with Gasteiger partial charge in [-0.3, -0.25) is 4.79 Å². The van der Waals surface area contributed by atoms with Gasteiger partial charge in [-0.15, -0.1) is 0 Å². The Labute approximate surface area is 265 Å². The van der Waals surface area contributed by atoms with Gasteiger partial charge in [-0.2, -0.15) is 13.2 Å². The first kappa shape index (κ1) is 33.6. The van der Waals surface area contributed by atoms with E-state index in [9.17, 15) is 27.9 Å². The molecule has 3 aromatic carbocycles. The molecule has 46 heavy (non-hydrogen) atoms. The van der Waals surface area contributed by atoms with Crippen LogP contribution >= 0.6 is 11.6 Å². The Hall–Kier alpha value is -5.30. The lowest BCUT2D eigenvalue weighted by Gasteiger charge is -2.17. The number of benzene rings is 3. The number of carbonyl (C=O) groups excluding carboxylic acids is 1. The lowest BCUT2D eigenvalue weighted by atomic mass is 10.1. The number of amides is 2. The summed E-state index contributed by atoms with van der Waals surface area (Å²) in [5.41, 5.74) is 4.60. The first-order valence-corrected chi connectivity index (χ1v) is 14.2. The molecule has 2 amide bonds. The molecule has 0 aliphatic carbocycles. The first-order chi connectivity index (χ1) is 21.8. The Kier molecular flexibility index (Phi) is 10.7. The minimum atomic E-state index is -5.08. The van der Waals surface area contributed by atoms with Crippen LogP contribution in [-0.2, 0) is 17.6 Å². The topological polar surface area (TPSA) is 160 Å². The van der Waals surface area contributed by atoms with E-state index in [4.69, 9.17) is 26.5 Å². The molecule has 10 nitrogen and oxygen atoms in total. The maximum absolute atomic E-state index is 12.9. The van der Waals surface area contributed by atoms with E-state index in [1.165, 1.54) is 5.56 Å². The molecule has 0 saturated heterocycles. The Morgan fingerprint density at radius 3 is 2.35 bits per heavy atom. The number of imidazole rings is 1. The molecule has 2 aromatic heterocycles. The number of halogens is 4. The summed E-state index contributed by atoms with van der Waals surface area (Å²) < 4.78 is 31.7. The van der Waals surface area contributed by atoms with Crippen LogP contribution in [0.5, 0.6) is 5.75 Å². The molecule has 0 aliphatic heterocycles. The molecule has 2 heterocycles. The fourth-order valence-corrected chi connectivity index (χ4v) is 4.82. The van der Waals surface area contributed by atoms with Gasteiger partial charge in [-0.25, -0.2) is 14.6 Å². The molecule has 0 spiro atoms. The fourth-order valence-electron chi connectivity index (χ4n) is 4.57. The van der Waals surface area contributed by atoms with Gasteiger partial charge in [0.1, 0.15) is 22.4 Å². The summed E-state index contributed by atoms with van der Waals surface area (Å²) in [6.45, 7) is 2.53. The van der Waals surface area contributed by atoms with Gasteiger partial charge in [0.2, 0.25) is 0 Å². The van der Waals surface area contributed by atoms with Crippen molar-refractivity contribution >= 4 is 34.5 Å². The Balaban J connectivity index is 0.000000617. The third-order valence-corrected chi connectivity index (χ3v) is 6.99. The van der Waals surface area contributed by atoms with E-state index in [-0.39, 0.29) is 17.3 Å². The number of hydrogen-bond acceptors (Lipinski definition) is 5. The van der Waals surface area contributed by atoms with E-state index >= 15 is 0 Å². The number of aromatic nitrogens is 3. The number of pyridine rings is 1. The zero-order valence-corrected chi connectivity index (χ0v) is 25.0. The number of alkyl halides is 3. The monoisotopic (exact) mass is 655 g/mol. The highest BCUT2D eigenvalue weighted by Gasteiger charge is 2.38. The Bertz CT molecular complexity index is 1890. The van der Waals surface area contributed by atoms with Gasteiger partial charge in [-0.1, -0.05) is 77.8 Å². The van der Waals surface area contributed by atoms with E-state index in [0.29, 0.717) is 46.1 Å². The molecule has 0 fully saturated rings. The zero-order valence-electron chi connectivity index (χ0n) is 24.3. The normalized spacial score (nSPS) is 11.8. The number of fused-ring (bicyclic) bond motifs is 1. The summed E-state index contributed by atoms with van der Waals surface area (Å²) in [4.78, 5) is 44.0. The van der Waals surface area contributed by atoms with E-state index in [1.54, 1.807) is 18.2 Å². The number of urea groups is 1. The van der Waals surface area contributed by atoms with E-state index in [0.717, 1.165) is 23.6 Å². The first-order valence-electron chi connectivity index (χ1n) is 13.9. The zero-order chi connectivity index (χ0) is 33.4. The van der Waals surface area contributed by atoms with Gasteiger partial charge in [-0.05, 0) is 43.0 Å². The molecular formula is C32H29ClF3N5O5. The molecular weight excluding hydrogens is 627 g/mol. The van der Waals surface area contributed by atoms with E-state index < -0.39 is 18.2 Å². The van der Waals surface area contributed by atoms with E-state index in [2.05, 4.69) is 26.7 Å². The average Bonchev–Trinajstić information content (AvgIpc) is 3.38. The quantitative estimate of drug-likeness (QED) is 0.119. The number of aliphatic carboxylic acids is 1. The smallest absolute Gasteiger partial charge is 0.490 e. The molecule has 5 aromatic rings. The molecule has 0 unspecified atom stereocenters. The number of hydrogen-bond donors (Lipinski definition) is 6.